The lowest BCUT2D eigenvalue weighted by atomic mass is 10.1. The molecule has 1 unspecified atom stereocenters. The van der Waals surface area contributed by atoms with E-state index in [0.29, 0.717) is 0 Å². The third-order valence-electron chi connectivity index (χ3n) is 3.76. The van der Waals surface area contributed by atoms with Crippen molar-refractivity contribution in [2.45, 2.75) is 26.3 Å². The highest BCUT2D eigenvalue weighted by molar-refractivity contribution is 5.75. The van der Waals surface area contributed by atoms with E-state index in [4.69, 9.17) is 0 Å². The quantitative estimate of drug-likeness (QED) is 0.684. The molecule has 0 saturated carbocycles. The molecule has 0 aliphatic rings. The van der Waals surface area contributed by atoms with Crippen LogP contribution in [0.3, 0.4) is 0 Å². The smallest absolute Gasteiger partial charge is 0.323 e. The summed E-state index contributed by atoms with van der Waals surface area (Å²) in [7, 11) is 0. The third kappa shape index (κ3) is 2.84. The van der Waals surface area contributed by atoms with Gasteiger partial charge in [-0.05, 0) is 48.7 Å². The summed E-state index contributed by atoms with van der Waals surface area (Å²) in [5.41, 5.74) is 5.08. The Kier molecular flexibility index (Phi) is 3.52. The maximum Gasteiger partial charge on any atom is 0.323 e. The number of imidazole rings is 1. The molecule has 3 rings (SSSR count). The number of aromatic nitrogens is 2. The first-order chi connectivity index (χ1) is 10.2. The van der Waals surface area contributed by atoms with E-state index in [0.717, 1.165) is 28.7 Å². The van der Waals surface area contributed by atoms with E-state index in [9.17, 15) is 4.79 Å². The van der Waals surface area contributed by atoms with Gasteiger partial charge >= 0.3 is 5.69 Å². The molecule has 0 radical (unpaired) electrons. The van der Waals surface area contributed by atoms with Gasteiger partial charge in [-0.2, -0.15) is 0 Å². The molecular weight excluding hydrogens is 262 g/mol. The molecule has 1 atom stereocenters. The van der Waals surface area contributed by atoms with Crippen molar-refractivity contribution in [1.82, 2.24) is 9.97 Å². The van der Waals surface area contributed by atoms with Gasteiger partial charge in [0.2, 0.25) is 0 Å². The van der Waals surface area contributed by atoms with Crippen LogP contribution in [0.5, 0.6) is 0 Å². The first-order valence-electron chi connectivity index (χ1n) is 7.23. The largest absolute Gasteiger partial charge is 0.379 e. The maximum atomic E-state index is 11.3. The van der Waals surface area contributed by atoms with Gasteiger partial charge in [0.15, 0.2) is 0 Å². The van der Waals surface area contributed by atoms with Gasteiger partial charge in [-0.3, -0.25) is 0 Å². The lowest BCUT2D eigenvalue weighted by Gasteiger charge is -2.16. The zero-order valence-electron chi connectivity index (χ0n) is 12.2. The summed E-state index contributed by atoms with van der Waals surface area (Å²) >= 11 is 0. The van der Waals surface area contributed by atoms with Gasteiger partial charge in [0.05, 0.1) is 11.0 Å². The van der Waals surface area contributed by atoms with E-state index in [1.165, 1.54) is 5.56 Å². The summed E-state index contributed by atoms with van der Waals surface area (Å²) in [6, 6.07) is 14.6. The number of anilines is 1. The second kappa shape index (κ2) is 5.48. The molecule has 1 heterocycles. The average Bonchev–Trinajstić information content (AvgIpc) is 2.86. The Balaban J connectivity index is 1.85. The lowest BCUT2D eigenvalue weighted by molar-refractivity contribution is 0.885. The van der Waals surface area contributed by atoms with Gasteiger partial charge in [0.25, 0.3) is 0 Å². The molecular formula is C17H19N3O. The van der Waals surface area contributed by atoms with Crippen LogP contribution in [0, 0.1) is 0 Å². The summed E-state index contributed by atoms with van der Waals surface area (Å²) in [5, 5.41) is 3.50. The number of hydrogen-bond donors (Lipinski definition) is 3. The van der Waals surface area contributed by atoms with Crippen molar-refractivity contribution < 1.29 is 0 Å². The van der Waals surface area contributed by atoms with Crippen LogP contribution in [-0.2, 0) is 6.42 Å². The number of rotatable bonds is 4. The maximum absolute atomic E-state index is 11.3. The number of hydrogen-bond acceptors (Lipinski definition) is 2. The molecule has 2 aromatic carbocycles. The Morgan fingerprint density at radius 3 is 2.71 bits per heavy atom. The highest BCUT2D eigenvalue weighted by atomic mass is 16.1. The molecule has 0 aliphatic heterocycles. The van der Waals surface area contributed by atoms with Crippen molar-refractivity contribution in [2.24, 2.45) is 0 Å². The number of nitrogens with one attached hydrogen (secondary N) is 3. The average molecular weight is 281 g/mol. The molecule has 4 heteroatoms. The third-order valence-corrected chi connectivity index (χ3v) is 3.76. The van der Waals surface area contributed by atoms with E-state index in [-0.39, 0.29) is 11.7 Å². The summed E-state index contributed by atoms with van der Waals surface area (Å²) < 4.78 is 0. The van der Waals surface area contributed by atoms with Crippen molar-refractivity contribution >= 4 is 16.7 Å². The highest BCUT2D eigenvalue weighted by Crippen LogP contribution is 2.22. The topological polar surface area (TPSA) is 60.7 Å². The standard InChI is InChI=1S/C17H19N3O/c1-3-12-5-4-6-14(9-12)18-11(2)13-7-8-15-16(10-13)20-17(21)19-15/h4-11,18H,3H2,1-2H3,(H2,19,20,21). The van der Waals surface area contributed by atoms with Gasteiger partial charge in [0.1, 0.15) is 0 Å². The number of H-pyrrole nitrogens is 2. The number of benzene rings is 2. The number of aryl methyl sites for hydroxylation is 1. The van der Waals surface area contributed by atoms with Crippen LogP contribution in [0.25, 0.3) is 11.0 Å². The minimum Gasteiger partial charge on any atom is -0.379 e. The van der Waals surface area contributed by atoms with Gasteiger partial charge in [-0.15, -0.1) is 0 Å². The fourth-order valence-corrected chi connectivity index (χ4v) is 2.53. The van der Waals surface area contributed by atoms with Crippen molar-refractivity contribution in [1.29, 1.82) is 0 Å². The second-order valence-electron chi connectivity index (χ2n) is 5.30. The Bertz CT molecular complexity index is 816. The number of aromatic amines is 2. The first-order valence-corrected chi connectivity index (χ1v) is 7.23. The Labute approximate surface area is 123 Å². The van der Waals surface area contributed by atoms with Crippen LogP contribution >= 0.6 is 0 Å². The predicted octanol–water partition coefficient (Wildman–Crippen LogP) is 3.59. The molecule has 0 saturated heterocycles. The zero-order valence-corrected chi connectivity index (χ0v) is 12.2. The van der Waals surface area contributed by atoms with Gasteiger partial charge in [0, 0.05) is 11.7 Å². The van der Waals surface area contributed by atoms with Crippen molar-refractivity contribution in [3.8, 4) is 0 Å². The van der Waals surface area contributed by atoms with Gasteiger partial charge < -0.3 is 15.3 Å². The van der Waals surface area contributed by atoms with E-state index in [2.05, 4.69) is 53.4 Å². The molecule has 0 spiro atoms. The van der Waals surface area contributed by atoms with Crippen LogP contribution in [0.1, 0.15) is 31.0 Å². The summed E-state index contributed by atoms with van der Waals surface area (Å²) in [5.74, 6) is 0. The molecule has 108 valence electrons. The molecule has 21 heavy (non-hydrogen) atoms. The van der Waals surface area contributed by atoms with E-state index in [1.807, 2.05) is 18.2 Å². The number of fused-ring (bicyclic) bond motifs is 1. The van der Waals surface area contributed by atoms with Crippen molar-refractivity contribution in [3.05, 3.63) is 64.1 Å². The van der Waals surface area contributed by atoms with E-state index in [1.54, 1.807) is 0 Å². The molecule has 0 aliphatic carbocycles. The lowest BCUT2D eigenvalue weighted by Crippen LogP contribution is -2.06. The monoisotopic (exact) mass is 281 g/mol. The normalized spacial score (nSPS) is 12.5. The Morgan fingerprint density at radius 2 is 1.90 bits per heavy atom. The highest BCUT2D eigenvalue weighted by Gasteiger charge is 2.07. The first kappa shape index (κ1) is 13.5. The second-order valence-corrected chi connectivity index (χ2v) is 5.30. The van der Waals surface area contributed by atoms with Crippen LogP contribution in [0.2, 0.25) is 0 Å². The van der Waals surface area contributed by atoms with Gasteiger partial charge in [-0.25, -0.2) is 4.79 Å². The summed E-state index contributed by atoms with van der Waals surface area (Å²) in [6.07, 6.45) is 1.03. The van der Waals surface area contributed by atoms with Crippen LogP contribution in [0.15, 0.2) is 47.3 Å². The van der Waals surface area contributed by atoms with Crippen LogP contribution < -0.4 is 11.0 Å². The minimum atomic E-state index is -0.168. The molecule has 4 nitrogen and oxygen atoms in total. The summed E-state index contributed by atoms with van der Waals surface area (Å²) in [6.45, 7) is 4.27. The SMILES string of the molecule is CCc1cccc(NC(C)c2ccc3[nH]c(=O)[nH]c3c2)c1. The molecule has 0 bridgehead atoms. The molecule has 1 aromatic heterocycles. The molecule has 3 N–H and O–H groups in total. The summed E-state index contributed by atoms with van der Waals surface area (Å²) in [4.78, 5) is 16.9. The zero-order chi connectivity index (χ0) is 14.8. The Hall–Kier alpha value is -2.49. The predicted molar refractivity (Wildman–Crippen MR) is 86.8 cm³/mol. The molecule has 0 amide bonds. The van der Waals surface area contributed by atoms with E-state index < -0.39 is 0 Å². The van der Waals surface area contributed by atoms with Crippen molar-refractivity contribution in [2.75, 3.05) is 5.32 Å². The van der Waals surface area contributed by atoms with Crippen LogP contribution in [0.4, 0.5) is 5.69 Å². The van der Waals surface area contributed by atoms with Crippen LogP contribution in [-0.4, -0.2) is 9.97 Å². The Morgan fingerprint density at radius 1 is 1.10 bits per heavy atom. The molecule has 3 aromatic rings. The van der Waals surface area contributed by atoms with Crippen molar-refractivity contribution in [3.63, 3.8) is 0 Å². The minimum absolute atomic E-state index is 0.167. The fraction of sp³-hybridized carbons (Fsp3) is 0.235. The molecule has 0 fully saturated rings. The fourth-order valence-electron chi connectivity index (χ4n) is 2.53. The van der Waals surface area contributed by atoms with E-state index >= 15 is 0 Å². The van der Waals surface area contributed by atoms with Gasteiger partial charge in [-0.1, -0.05) is 25.1 Å².